The summed E-state index contributed by atoms with van der Waals surface area (Å²) in [4.78, 5) is 24.8. The van der Waals surface area contributed by atoms with E-state index in [1.807, 2.05) is 13.0 Å². The molecule has 1 heterocycles. The molecule has 0 bridgehead atoms. The highest BCUT2D eigenvalue weighted by Gasteiger charge is 2.26. The molecule has 6 nitrogen and oxygen atoms in total. The van der Waals surface area contributed by atoms with Gasteiger partial charge in [0.05, 0.1) is 17.4 Å². The first-order chi connectivity index (χ1) is 9.38. The Hall–Kier alpha value is -2.08. The van der Waals surface area contributed by atoms with Gasteiger partial charge in [-0.1, -0.05) is 6.07 Å². The monoisotopic (exact) mass is 278 g/mol. The van der Waals surface area contributed by atoms with E-state index >= 15 is 0 Å². The third-order valence-electron chi connectivity index (χ3n) is 3.39. The summed E-state index contributed by atoms with van der Waals surface area (Å²) in [5, 5.41) is 21.3. The number of carbonyl (C=O) groups excluding carboxylic acids is 1. The maximum absolute atomic E-state index is 12.1. The van der Waals surface area contributed by atoms with Crippen molar-refractivity contribution in [3.05, 3.63) is 28.8 Å². The number of nitrogens with one attached hydrogen (secondary N) is 1. The Balaban J connectivity index is 2.24. The predicted molar refractivity (Wildman–Crippen MR) is 74.1 cm³/mol. The molecule has 1 fully saturated rings. The molecule has 1 unspecified atom stereocenters. The maximum atomic E-state index is 12.1. The van der Waals surface area contributed by atoms with Crippen molar-refractivity contribution in [3.8, 4) is 0 Å². The maximum Gasteiger partial charge on any atom is 0.337 e. The van der Waals surface area contributed by atoms with Crippen LogP contribution in [0.4, 0.5) is 10.5 Å². The normalized spacial score (nSPS) is 18.1. The molecular formula is C14H18N2O4. The Morgan fingerprint density at radius 3 is 2.60 bits per heavy atom. The second-order valence-corrected chi connectivity index (χ2v) is 5.13. The number of hydrogen-bond donors (Lipinski definition) is 3. The molecular weight excluding hydrogens is 260 g/mol. The van der Waals surface area contributed by atoms with Crippen LogP contribution in [0.25, 0.3) is 0 Å². The lowest BCUT2D eigenvalue weighted by molar-refractivity contribution is 0.0697. The summed E-state index contributed by atoms with van der Waals surface area (Å²) < 4.78 is 0. The topological polar surface area (TPSA) is 89.9 Å². The summed E-state index contributed by atoms with van der Waals surface area (Å²) >= 11 is 0. The lowest BCUT2D eigenvalue weighted by Crippen LogP contribution is -2.34. The number of carboxylic acids is 1. The zero-order valence-electron chi connectivity index (χ0n) is 11.5. The van der Waals surface area contributed by atoms with Crippen molar-refractivity contribution in [3.63, 3.8) is 0 Å². The molecule has 0 saturated carbocycles. The number of aliphatic hydroxyl groups is 1. The zero-order chi connectivity index (χ0) is 14.9. The van der Waals surface area contributed by atoms with Gasteiger partial charge in [-0.25, -0.2) is 9.59 Å². The van der Waals surface area contributed by atoms with Crippen molar-refractivity contribution in [1.82, 2.24) is 4.90 Å². The number of rotatable bonds is 2. The van der Waals surface area contributed by atoms with Gasteiger partial charge in [-0.15, -0.1) is 0 Å². The van der Waals surface area contributed by atoms with E-state index in [2.05, 4.69) is 5.32 Å². The van der Waals surface area contributed by atoms with Crippen LogP contribution in [0.3, 0.4) is 0 Å². The molecule has 0 aromatic heterocycles. The highest BCUT2D eigenvalue weighted by atomic mass is 16.4. The number of urea groups is 1. The summed E-state index contributed by atoms with van der Waals surface area (Å²) in [6.07, 6.45) is 0.0466. The molecule has 1 aromatic rings. The van der Waals surface area contributed by atoms with E-state index in [0.29, 0.717) is 24.2 Å². The van der Waals surface area contributed by atoms with Crippen LogP contribution >= 0.6 is 0 Å². The molecule has 0 aliphatic carbocycles. The molecule has 0 spiro atoms. The summed E-state index contributed by atoms with van der Waals surface area (Å²) in [5.74, 6) is -1.08. The Labute approximate surface area is 117 Å². The summed E-state index contributed by atoms with van der Waals surface area (Å²) in [5.41, 5.74) is 1.93. The molecule has 3 N–H and O–H groups in total. The lowest BCUT2D eigenvalue weighted by atomic mass is 10.0. The van der Waals surface area contributed by atoms with Gasteiger partial charge in [0.2, 0.25) is 0 Å². The summed E-state index contributed by atoms with van der Waals surface area (Å²) in [6, 6.07) is 2.97. The second-order valence-electron chi connectivity index (χ2n) is 5.13. The van der Waals surface area contributed by atoms with Gasteiger partial charge in [-0.05, 0) is 37.5 Å². The Morgan fingerprint density at radius 2 is 2.05 bits per heavy atom. The van der Waals surface area contributed by atoms with Crippen molar-refractivity contribution in [1.29, 1.82) is 0 Å². The van der Waals surface area contributed by atoms with Crippen LogP contribution in [0.2, 0.25) is 0 Å². The molecule has 1 aliphatic heterocycles. The number of nitrogens with zero attached hydrogens (tertiary/aromatic N) is 1. The van der Waals surface area contributed by atoms with Crippen LogP contribution in [0, 0.1) is 13.8 Å². The SMILES string of the molecule is Cc1cc(C)c(NC(=O)N2CCC(O)C2)c(C(=O)O)c1. The molecule has 20 heavy (non-hydrogen) atoms. The number of β-amino-alcohol motifs (C(OH)–C–C–N with tert-alkyl or cyclic N) is 1. The van der Waals surface area contributed by atoms with Gasteiger partial charge in [-0.3, -0.25) is 0 Å². The molecule has 1 aliphatic rings. The van der Waals surface area contributed by atoms with Crippen molar-refractivity contribution in [2.75, 3.05) is 18.4 Å². The highest BCUT2D eigenvalue weighted by Crippen LogP contribution is 2.24. The number of anilines is 1. The van der Waals surface area contributed by atoms with Crippen LogP contribution in [-0.4, -0.2) is 46.3 Å². The average molecular weight is 278 g/mol. The molecule has 0 radical (unpaired) electrons. The number of aryl methyl sites for hydroxylation is 2. The fourth-order valence-corrected chi connectivity index (χ4v) is 2.41. The Morgan fingerprint density at radius 1 is 1.35 bits per heavy atom. The lowest BCUT2D eigenvalue weighted by Gasteiger charge is -2.19. The largest absolute Gasteiger partial charge is 0.478 e. The molecule has 1 aromatic carbocycles. The van der Waals surface area contributed by atoms with E-state index in [4.69, 9.17) is 0 Å². The third kappa shape index (κ3) is 2.91. The summed E-state index contributed by atoms with van der Waals surface area (Å²) in [6.45, 7) is 4.31. The fourth-order valence-electron chi connectivity index (χ4n) is 2.41. The van der Waals surface area contributed by atoms with Crippen LogP contribution in [0.5, 0.6) is 0 Å². The molecule has 108 valence electrons. The van der Waals surface area contributed by atoms with Gasteiger partial charge in [0.25, 0.3) is 0 Å². The van der Waals surface area contributed by atoms with Gasteiger partial charge < -0.3 is 20.4 Å². The van der Waals surface area contributed by atoms with Crippen molar-refractivity contribution < 1.29 is 19.8 Å². The van der Waals surface area contributed by atoms with Crippen molar-refractivity contribution in [2.24, 2.45) is 0 Å². The van der Waals surface area contributed by atoms with Gasteiger partial charge in [0.15, 0.2) is 0 Å². The Kier molecular flexibility index (Phi) is 3.94. The predicted octanol–water partition coefficient (Wildman–Crippen LogP) is 1.60. The van der Waals surface area contributed by atoms with E-state index in [1.165, 1.54) is 11.0 Å². The molecule has 2 amide bonds. The van der Waals surface area contributed by atoms with Crippen molar-refractivity contribution in [2.45, 2.75) is 26.4 Å². The standard InChI is InChI=1S/C14H18N2O4/c1-8-5-9(2)12(11(6-8)13(18)19)15-14(20)16-4-3-10(17)7-16/h5-6,10,17H,3-4,7H2,1-2H3,(H,15,20)(H,18,19). The second kappa shape index (κ2) is 5.50. The number of benzene rings is 1. The first-order valence-corrected chi connectivity index (χ1v) is 6.47. The van der Waals surface area contributed by atoms with Crippen LogP contribution in [-0.2, 0) is 0 Å². The zero-order valence-corrected chi connectivity index (χ0v) is 11.5. The first kappa shape index (κ1) is 14.3. The number of carbonyl (C=O) groups is 2. The van der Waals surface area contributed by atoms with Crippen molar-refractivity contribution >= 4 is 17.7 Å². The number of likely N-dealkylation sites (tertiary alicyclic amines) is 1. The number of hydrogen-bond acceptors (Lipinski definition) is 3. The molecule has 6 heteroatoms. The quantitative estimate of drug-likeness (QED) is 0.766. The van der Waals surface area contributed by atoms with Crippen LogP contribution in [0.15, 0.2) is 12.1 Å². The minimum Gasteiger partial charge on any atom is -0.478 e. The minimum absolute atomic E-state index is 0.0793. The van der Waals surface area contributed by atoms with Gasteiger partial charge in [-0.2, -0.15) is 0 Å². The summed E-state index contributed by atoms with van der Waals surface area (Å²) in [7, 11) is 0. The average Bonchev–Trinajstić information content (AvgIpc) is 2.78. The van der Waals surface area contributed by atoms with E-state index in [-0.39, 0.29) is 18.1 Å². The molecule has 1 saturated heterocycles. The van der Waals surface area contributed by atoms with Gasteiger partial charge in [0, 0.05) is 13.1 Å². The van der Waals surface area contributed by atoms with E-state index in [1.54, 1.807) is 6.92 Å². The smallest absolute Gasteiger partial charge is 0.337 e. The molecule has 1 atom stereocenters. The fraction of sp³-hybridized carbons (Fsp3) is 0.429. The van der Waals surface area contributed by atoms with E-state index in [0.717, 1.165) is 5.56 Å². The van der Waals surface area contributed by atoms with Gasteiger partial charge >= 0.3 is 12.0 Å². The van der Waals surface area contributed by atoms with Gasteiger partial charge in [0.1, 0.15) is 0 Å². The number of amides is 2. The highest BCUT2D eigenvalue weighted by molar-refractivity contribution is 6.01. The number of aromatic carboxylic acids is 1. The van der Waals surface area contributed by atoms with Crippen LogP contribution in [0.1, 0.15) is 27.9 Å². The minimum atomic E-state index is -1.08. The van der Waals surface area contributed by atoms with E-state index < -0.39 is 12.1 Å². The number of aliphatic hydroxyl groups excluding tert-OH is 1. The molecule has 2 rings (SSSR count). The van der Waals surface area contributed by atoms with E-state index in [9.17, 15) is 19.8 Å². The number of carboxylic acid groups (broad SMARTS) is 1. The Bertz CT molecular complexity index is 556. The van der Waals surface area contributed by atoms with Crippen LogP contribution < -0.4 is 5.32 Å². The third-order valence-corrected chi connectivity index (χ3v) is 3.39. The first-order valence-electron chi connectivity index (χ1n) is 6.47.